The van der Waals surface area contributed by atoms with Crippen molar-refractivity contribution in [1.82, 2.24) is 29.8 Å². The van der Waals surface area contributed by atoms with E-state index in [2.05, 4.69) is 51.6 Å². The Labute approximate surface area is 216 Å². The summed E-state index contributed by atoms with van der Waals surface area (Å²) >= 11 is 8.92. The molecule has 0 unspecified atom stereocenters. The molecule has 1 aliphatic heterocycles. The van der Waals surface area contributed by atoms with Gasteiger partial charge in [0.2, 0.25) is 0 Å². The zero-order valence-corrected chi connectivity index (χ0v) is 22.4. The zero-order valence-electron chi connectivity index (χ0n) is 19.5. The summed E-state index contributed by atoms with van der Waals surface area (Å²) in [6, 6.07) is 0.541. The van der Waals surface area contributed by atoms with Gasteiger partial charge in [0.1, 0.15) is 14.6 Å². The average Bonchev–Trinajstić information content (AvgIpc) is 3.53. The Morgan fingerprint density at radius 1 is 1.18 bits per heavy atom. The van der Waals surface area contributed by atoms with E-state index in [1.165, 1.54) is 6.42 Å². The number of hydrogen-bond acceptors (Lipinski definition) is 7. The maximum absolute atomic E-state index is 13.0. The third-order valence-electron chi connectivity index (χ3n) is 8.24. The lowest BCUT2D eigenvalue weighted by atomic mass is 9.64. The third kappa shape index (κ3) is 3.37. The summed E-state index contributed by atoms with van der Waals surface area (Å²) in [5, 5.41) is 10.4. The maximum atomic E-state index is 13.0. The van der Waals surface area contributed by atoms with E-state index in [1.54, 1.807) is 0 Å². The molecule has 3 aromatic rings. The van der Waals surface area contributed by atoms with Crippen LogP contribution < -0.4 is 0 Å². The first-order chi connectivity index (χ1) is 16.4. The van der Waals surface area contributed by atoms with E-state index in [9.17, 15) is 4.79 Å². The van der Waals surface area contributed by atoms with Crippen LogP contribution in [0.3, 0.4) is 0 Å². The number of Topliss-reactive ketones (excluding diaryl/α,β-unsaturated/α-hetero) is 1. The van der Waals surface area contributed by atoms with Crippen molar-refractivity contribution < 1.29 is 9.32 Å². The molecule has 0 N–H and O–H groups in total. The summed E-state index contributed by atoms with van der Waals surface area (Å²) < 4.78 is 8.71. The molecule has 1 saturated heterocycles. The van der Waals surface area contributed by atoms with E-state index in [0.717, 1.165) is 77.5 Å². The first kappa shape index (κ1) is 22.8. The molecule has 0 radical (unpaired) electrons. The highest BCUT2D eigenvalue weighted by atomic mass is 127. The molecule has 1 saturated carbocycles. The van der Waals surface area contributed by atoms with Crippen molar-refractivity contribution in [3.8, 4) is 11.5 Å². The van der Waals surface area contributed by atoms with Gasteiger partial charge in [0, 0.05) is 18.0 Å². The minimum atomic E-state index is -0.524. The molecule has 0 amide bonds. The fraction of sp³-hybridized carbons (Fsp3) is 0.625. The minimum absolute atomic E-state index is 0.145. The summed E-state index contributed by atoms with van der Waals surface area (Å²) in [6.07, 6.45) is 8.37. The average molecular weight is 595 g/mol. The van der Waals surface area contributed by atoms with Crippen molar-refractivity contribution in [2.75, 3.05) is 13.6 Å². The number of rotatable bonds is 3. The van der Waals surface area contributed by atoms with Gasteiger partial charge in [-0.15, -0.1) is 0 Å². The number of likely N-dealkylation sites (tertiary alicyclic amines) is 1. The number of likely N-dealkylation sites (N-methyl/N-ethyl adjacent to an activating group) is 1. The van der Waals surface area contributed by atoms with Crippen LogP contribution in [0.25, 0.3) is 22.6 Å². The predicted molar refractivity (Wildman–Crippen MR) is 137 cm³/mol. The van der Waals surface area contributed by atoms with Crippen LogP contribution in [-0.4, -0.2) is 55.2 Å². The predicted octanol–water partition coefficient (Wildman–Crippen LogP) is 5.11. The highest BCUT2D eigenvalue weighted by Crippen LogP contribution is 2.47. The van der Waals surface area contributed by atoms with E-state index >= 15 is 0 Å². The van der Waals surface area contributed by atoms with Gasteiger partial charge in [-0.25, -0.2) is 14.6 Å². The molecule has 10 heteroatoms. The van der Waals surface area contributed by atoms with Crippen LogP contribution in [0.4, 0.5) is 0 Å². The SMILES string of the molecule is C[C@@H]([C@@H]1CCCN1C)n1nc(I)c2c(Cl)nc(-c3noc4c3CCC[C@@]43CCCCC3=O)nc21. The van der Waals surface area contributed by atoms with Gasteiger partial charge >= 0.3 is 0 Å². The van der Waals surface area contributed by atoms with Crippen molar-refractivity contribution in [3.63, 3.8) is 0 Å². The Morgan fingerprint density at radius 3 is 2.76 bits per heavy atom. The number of halogens is 2. The molecule has 0 bridgehead atoms. The summed E-state index contributed by atoms with van der Waals surface area (Å²) in [5.74, 6) is 1.48. The van der Waals surface area contributed by atoms with Crippen LogP contribution in [0, 0.1) is 3.70 Å². The molecule has 1 spiro atoms. The van der Waals surface area contributed by atoms with Gasteiger partial charge in [0.25, 0.3) is 0 Å². The standard InChI is InChI=1S/C24H28ClIN6O2/c1-13(15-8-6-12-31(15)2)32-23-17(21(26)29-32)20(25)27-22(28-23)18-14-7-5-11-24(19(14)34-30-18)10-4-3-9-16(24)33/h13,15H,3-12H2,1-2H3/t13-,15-,24+/m0/s1. The van der Waals surface area contributed by atoms with E-state index < -0.39 is 5.41 Å². The summed E-state index contributed by atoms with van der Waals surface area (Å²) in [7, 11) is 2.17. The molecule has 34 heavy (non-hydrogen) atoms. The van der Waals surface area contributed by atoms with Gasteiger partial charge in [-0.2, -0.15) is 5.10 Å². The summed E-state index contributed by atoms with van der Waals surface area (Å²) in [5.41, 5.74) is 1.79. The smallest absolute Gasteiger partial charge is 0.185 e. The van der Waals surface area contributed by atoms with Gasteiger partial charge in [-0.1, -0.05) is 23.2 Å². The van der Waals surface area contributed by atoms with Crippen molar-refractivity contribution in [3.05, 3.63) is 20.2 Å². The summed E-state index contributed by atoms with van der Waals surface area (Å²) in [4.78, 5) is 25.0. The molecule has 4 heterocycles. The van der Waals surface area contributed by atoms with Gasteiger partial charge < -0.3 is 9.42 Å². The molecule has 2 fully saturated rings. The molecule has 8 nitrogen and oxygen atoms in total. The Balaban J connectivity index is 1.47. The van der Waals surface area contributed by atoms with Crippen LogP contribution in [0.5, 0.6) is 0 Å². The van der Waals surface area contributed by atoms with Crippen molar-refractivity contribution in [1.29, 1.82) is 0 Å². The van der Waals surface area contributed by atoms with Gasteiger partial charge in [0.05, 0.1) is 16.8 Å². The second kappa shape index (κ2) is 8.51. The molecule has 2 aliphatic carbocycles. The minimum Gasteiger partial charge on any atom is -0.359 e. The molecule has 180 valence electrons. The molecule has 3 atom stereocenters. The van der Waals surface area contributed by atoms with Gasteiger partial charge in [-0.3, -0.25) is 4.79 Å². The maximum Gasteiger partial charge on any atom is 0.185 e. The molecule has 6 rings (SSSR count). The fourth-order valence-corrected chi connectivity index (χ4v) is 7.57. The number of hydrogen-bond donors (Lipinski definition) is 0. The summed E-state index contributed by atoms with van der Waals surface area (Å²) in [6.45, 7) is 3.29. The van der Waals surface area contributed by atoms with Crippen LogP contribution in [-0.2, 0) is 16.6 Å². The quantitative estimate of drug-likeness (QED) is 0.307. The topological polar surface area (TPSA) is 89.9 Å². The van der Waals surface area contributed by atoms with Crippen LogP contribution >= 0.6 is 34.2 Å². The van der Waals surface area contributed by atoms with Gasteiger partial charge in [0.15, 0.2) is 22.9 Å². The largest absolute Gasteiger partial charge is 0.359 e. The Bertz CT molecular complexity index is 1290. The molecule has 3 aromatic heterocycles. The van der Waals surface area contributed by atoms with Crippen LogP contribution in [0.1, 0.15) is 75.7 Å². The number of ketones is 1. The van der Waals surface area contributed by atoms with Crippen molar-refractivity contribution in [2.45, 2.75) is 82.2 Å². The van der Waals surface area contributed by atoms with Gasteiger partial charge in [-0.05, 0) is 88.1 Å². The highest BCUT2D eigenvalue weighted by molar-refractivity contribution is 14.1. The lowest BCUT2D eigenvalue weighted by Crippen LogP contribution is -2.41. The van der Waals surface area contributed by atoms with E-state index in [0.29, 0.717) is 34.9 Å². The molecule has 0 aromatic carbocycles. The second-order valence-electron chi connectivity index (χ2n) is 10.1. The lowest BCUT2D eigenvalue weighted by Gasteiger charge is -2.36. The Morgan fingerprint density at radius 2 is 2.00 bits per heavy atom. The van der Waals surface area contributed by atoms with E-state index in [-0.39, 0.29) is 6.04 Å². The monoisotopic (exact) mass is 594 g/mol. The number of nitrogens with zero attached hydrogens (tertiary/aromatic N) is 6. The number of carbonyl (C=O) groups excluding carboxylic acids is 1. The molecule has 3 aliphatic rings. The number of aromatic nitrogens is 5. The first-order valence-electron chi connectivity index (χ1n) is 12.2. The lowest BCUT2D eigenvalue weighted by molar-refractivity contribution is -0.128. The van der Waals surface area contributed by atoms with Crippen LogP contribution in [0.2, 0.25) is 5.15 Å². The zero-order chi connectivity index (χ0) is 23.6. The Hall–Kier alpha value is -1.59. The van der Waals surface area contributed by atoms with Crippen molar-refractivity contribution in [2.24, 2.45) is 0 Å². The van der Waals surface area contributed by atoms with E-state index in [4.69, 9.17) is 26.2 Å². The number of carbonyl (C=O) groups is 1. The fourth-order valence-electron chi connectivity index (χ4n) is 6.42. The Kier molecular flexibility index (Phi) is 5.72. The molecular formula is C24H28ClIN6O2. The normalized spacial score (nSPS) is 26.5. The second-order valence-corrected chi connectivity index (χ2v) is 11.5. The number of fused-ring (bicyclic) bond motifs is 3. The van der Waals surface area contributed by atoms with Crippen molar-refractivity contribution >= 4 is 51.0 Å². The molecular weight excluding hydrogens is 567 g/mol. The third-order valence-corrected chi connectivity index (χ3v) is 9.27. The van der Waals surface area contributed by atoms with Crippen LogP contribution in [0.15, 0.2) is 4.52 Å². The van der Waals surface area contributed by atoms with E-state index in [1.807, 2.05) is 4.68 Å². The highest BCUT2D eigenvalue weighted by Gasteiger charge is 2.48. The first-order valence-corrected chi connectivity index (χ1v) is 13.7.